The maximum absolute atomic E-state index is 13.4. The average molecular weight is 414 g/mol. The summed E-state index contributed by atoms with van der Waals surface area (Å²) in [5, 5.41) is 3.56. The van der Waals surface area contributed by atoms with Crippen molar-refractivity contribution in [1.82, 2.24) is 14.9 Å². The third kappa shape index (κ3) is 4.30. The van der Waals surface area contributed by atoms with E-state index in [1.54, 1.807) is 6.20 Å². The van der Waals surface area contributed by atoms with Gasteiger partial charge in [0, 0.05) is 50.3 Å². The lowest BCUT2D eigenvalue weighted by atomic mass is 10.0. The lowest BCUT2D eigenvalue weighted by Gasteiger charge is -2.32. The number of nitrogens with zero attached hydrogens (tertiary/aromatic N) is 4. The molecule has 1 amide bonds. The van der Waals surface area contributed by atoms with Gasteiger partial charge >= 0.3 is 0 Å². The minimum atomic E-state index is 0.0214. The van der Waals surface area contributed by atoms with Crippen molar-refractivity contribution in [2.75, 3.05) is 29.9 Å². The Morgan fingerprint density at radius 3 is 2.58 bits per heavy atom. The number of piperidine rings is 1. The zero-order chi connectivity index (χ0) is 21.0. The maximum atomic E-state index is 13.4. The van der Waals surface area contributed by atoms with Gasteiger partial charge in [-0.05, 0) is 55.2 Å². The van der Waals surface area contributed by atoms with Crippen LogP contribution in [-0.2, 0) is 13.0 Å². The molecule has 2 aliphatic heterocycles. The van der Waals surface area contributed by atoms with Gasteiger partial charge in [-0.1, -0.05) is 24.3 Å². The summed E-state index contributed by atoms with van der Waals surface area (Å²) in [5.74, 6) is 0.716. The molecule has 0 spiro atoms. The highest BCUT2D eigenvalue weighted by atomic mass is 16.2. The number of aromatic nitrogens is 2. The minimum absolute atomic E-state index is 0.0214. The predicted molar refractivity (Wildman–Crippen MR) is 122 cm³/mol. The minimum Gasteiger partial charge on any atom is -0.367 e. The lowest BCUT2D eigenvalue weighted by Crippen LogP contribution is -2.39. The summed E-state index contributed by atoms with van der Waals surface area (Å²) in [5.41, 5.74) is 4.01. The van der Waals surface area contributed by atoms with Gasteiger partial charge in [0.05, 0.1) is 11.3 Å². The second-order valence-corrected chi connectivity index (χ2v) is 8.25. The number of nitrogens with one attached hydrogen (secondary N) is 1. The van der Waals surface area contributed by atoms with E-state index in [2.05, 4.69) is 32.3 Å². The Hall–Kier alpha value is -3.25. The summed E-state index contributed by atoms with van der Waals surface area (Å²) in [6.07, 6.45) is 6.54. The molecule has 1 fully saturated rings. The molecule has 0 bridgehead atoms. The first-order chi connectivity index (χ1) is 15.3. The number of carbonyl (C=O) groups is 1. The molecule has 0 saturated carbocycles. The van der Waals surface area contributed by atoms with E-state index in [-0.39, 0.29) is 5.91 Å². The van der Waals surface area contributed by atoms with Crippen LogP contribution in [0.25, 0.3) is 0 Å². The highest BCUT2D eigenvalue weighted by Crippen LogP contribution is 2.30. The topological polar surface area (TPSA) is 61.4 Å². The number of likely N-dealkylation sites (tertiary alicyclic amines) is 1. The van der Waals surface area contributed by atoms with Crippen LogP contribution in [0.15, 0.2) is 67.0 Å². The second kappa shape index (κ2) is 8.86. The van der Waals surface area contributed by atoms with Crippen molar-refractivity contribution >= 4 is 17.4 Å². The van der Waals surface area contributed by atoms with E-state index in [1.807, 2.05) is 53.6 Å². The molecule has 0 unspecified atom stereocenters. The molecule has 1 N–H and O–H groups in total. The van der Waals surface area contributed by atoms with E-state index in [4.69, 9.17) is 0 Å². The van der Waals surface area contributed by atoms with Crippen LogP contribution in [0.2, 0.25) is 0 Å². The normalized spacial score (nSPS) is 16.8. The van der Waals surface area contributed by atoms with Crippen LogP contribution in [0.5, 0.6) is 0 Å². The summed E-state index contributed by atoms with van der Waals surface area (Å²) >= 11 is 0. The summed E-state index contributed by atoms with van der Waals surface area (Å²) in [6, 6.07) is 18.3. The SMILES string of the molecule is O=C(c1cccnc1NC1CCN(Cc2ccccn2)CC1)N1CCc2ccccc21. The quantitative estimate of drug-likeness (QED) is 0.690. The first-order valence-corrected chi connectivity index (χ1v) is 11.0. The fraction of sp³-hybridized carbons (Fsp3) is 0.320. The maximum Gasteiger partial charge on any atom is 0.262 e. The monoisotopic (exact) mass is 413 g/mol. The van der Waals surface area contributed by atoms with Crippen molar-refractivity contribution in [3.63, 3.8) is 0 Å². The highest BCUT2D eigenvalue weighted by Gasteiger charge is 2.28. The summed E-state index contributed by atoms with van der Waals surface area (Å²) in [6.45, 7) is 3.61. The molecule has 0 atom stereocenters. The molecule has 1 aromatic carbocycles. The van der Waals surface area contributed by atoms with Crippen LogP contribution < -0.4 is 10.2 Å². The average Bonchev–Trinajstić information content (AvgIpc) is 3.25. The molecule has 158 valence electrons. The molecule has 1 saturated heterocycles. The third-order valence-electron chi connectivity index (χ3n) is 6.21. The first kappa shape index (κ1) is 19.7. The number of fused-ring (bicyclic) bond motifs is 1. The Balaban J connectivity index is 1.24. The third-order valence-corrected chi connectivity index (χ3v) is 6.21. The number of para-hydroxylation sites is 1. The largest absolute Gasteiger partial charge is 0.367 e. The number of anilines is 2. The van der Waals surface area contributed by atoms with Gasteiger partial charge in [-0.25, -0.2) is 4.98 Å². The Morgan fingerprint density at radius 2 is 1.74 bits per heavy atom. The van der Waals surface area contributed by atoms with Crippen molar-refractivity contribution in [3.05, 3.63) is 83.8 Å². The summed E-state index contributed by atoms with van der Waals surface area (Å²) in [7, 11) is 0. The molecule has 0 aliphatic carbocycles. The van der Waals surface area contributed by atoms with Crippen molar-refractivity contribution in [2.45, 2.75) is 31.8 Å². The van der Waals surface area contributed by atoms with Crippen LogP contribution in [-0.4, -0.2) is 46.5 Å². The van der Waals surface area contributed by atoms with E-state index in [1.165, 1.54) is 5.56 Å². The van der Waals surface area contributed by atoms with E-state index < -0.39 is 0 Å². The molecule has 2 aliphatic rings. The van der Waals surface area contributed by atoms with E-state index in [0.29, 0.717) is 17.4 Å². The van der Waals surface area contributed by atoms with Gasteiger partial charge in [0.15, 0.2) is 0 Å². The lowest BCUT2D eigenvalue weighted by molar-refractivity contribution is 0.0989. The molecule has 4 heterocycles. The number of rotatable bonds is 5. The molecule has 6 nitrogen and oxygen atoms in total. The van der Waals surface area contributed by atoms with Gasteiger partial charge in [-0.15, -0.1) is 0 Å². The van der Waals surface area contributed by atoms with Crippen LogP contribution >= 0.6 is 0 Å². The molecule has 0 radical (unpaired) electrons. The van der Waals surface area contributed by atoms with Crippen molar-refractivity contribution < 1.29 is 4.79 Å². The second-order valence-electron chi connectivity index (χ2n) is 8.25. The Bertz CT molecular complexity index is 1050. The van der Waals surface area contributed by atoms with Gasteiger partial charge in [-0.2, -0.15) is 0 Å². The Kier molecular flexibility index (Phi) is 5.63. The number of hydrogen-bond donors (Lipinski definition) is 1. The molecule has 3 aromatic rings. The first-order valence-electron chi connectivity index (χ1n) is 11.0. The zero-order valence-electron chi connectivity index (χ0n) is 17.6. The van der Waals surface area contributed by atoms with Gasteiger partial charge in [0.2, 0.25) is 0 Å². The standard InChI is InChI=1S/C25H27N5O/c31-25(30-17-10-19-6-1-2-9-23(19)30)22-8-5-14-27-24(22)28-20-11-15-29(16-12-20)18-21-7-3-4-13-26-21/h1-9,13-14,20H,10-12,15-18H2,(H,27,28). The van der Waals surface area contributed by atoms with E-state index in [0.717, 1.165) is 56.8 Å². The van der Waals surface area contributed by atoms with E-state index in [9.17, 15) is 4.79 Å². The van der Waals surface area contributed by atoms with Crippen LogP contribution in [0.3, 0.4) is 0 Å². The van der Waals surface area contributed by atoms with E-state index >= 15 is 0 Å². The summed E-state index contributed by atoms with van der Waals surface area (Å²) in [4.78, 5) is 26.6. The highest BCUT2D eigenvalue weighted by molar-refractivity contribution is 6.10. The van der Waals surface area contributed by atoms with Crippen molar-refractivity contribution in [1.29, 1.82) is 0 Å². The van der Waals surface area contributed by atoms with Gasteiger partial charge < -0.3 is 10.2 Å². The molecule has 2 aromatic heterocycles. The van der Waals surface area contributed by atoms with Crippen molar-refractivity contribution in [3.8, 4) is 0 Å². The Labute approximate surface area is 182 Å². The van der Waals surface area contributed by atoms with Gasteiger partial charge in [0.25, 0.3) is 5.91 Å². The van der Waals surface area contributed by atoms with Crippen LogP contribution in [0, 0.1) is 0 Å². The molecule has 5 rings (SSSR count). The summed E-state index contributed by atoms with van der Waals surface area (Å²) < 4.78 is 0. The molecular weight excluding hydrogens is 386 g/mol. The van der Waals surface area contributed by atoms with Gasteiger partial charge in [0.1, 0.15) is 5.82 Å². The van der Waals surface area contributed by atoms with Gasteiger partial charge in [-0.3, -0.25) is 14.7 Å². The Morgan fingerprint density at radius 1 is 0.935 bits per heavy atom. The number of carbonyl (C=O) groups excluding carboxylic acids is 1. The number of pyridine rings is 2. The fourth-order valence-electron chi connectivity index (χ4n) is 4.54. The molecule has 31 heavy (non-hydrogen) atoms. The zero-order valence-corrected chi connectivity index (χ0v) is 17.6. The smallest absolute Gasteiger partial charge is 0.262 e. The number of benzene rings is 1. The fourth-order valence-corrected chi connectivity index (χ4v) is 4.54. The molecule has 6 heteroatoms. The number of amides is 1. The van der Waals surface area contributed by atoms with Crippen molar-refractivity contribution in [2.24, 2.45) is 0 Å². The molecular formula is C25H27N5O. The predicted octanol–water partition coefficient (Wildman–Crippen LogP) is 3.76. The number of hydrogen-bond acceptors (Lipinski definition) is 5. The van der Waals surface area contributed by atoms with Crippen LogP contribution in [0.4, 0.5) is 11.5 Å². The van der Waals surface area contributed by atoms with Crippen LogP contribution in [0.1, 0.15) is 34.5 Å².